The van der Waals surface area contributed by atoms with Crippen LogP contribution in [0.25, 0.3) is 27.2 Å². The summed E-state index contributed by atoms with van der Waals surface area (Å²) in [5, 5.41) is 3.96. The highest BCUT2D eigenvalue weighted by atomic mass is 35.5. The van der Waals surface area contributed by atoms with E-state index in [4.69, 9.17) is 22.1 Å². The lowest BCUT2D eigenvalue weighted by molar-refractivity contribution is 0.0997. The minimum atomic E-state index is -0.782. The van der Waals surface area contributed by atoms with Crippen LogP contribution < -0.4 is 15.8 Å². The number of carbonyl (C=O) groups excluding carboxylic acids is 1. The van der Waals surface area contributed by atoms with Crippen LogP contribution in [0.15, 0.2) is 67.1 Å². The highest BCUT2D eigenvalue weighted by Crippen LogP contribution is 2.40. The Morgan fingerprint density at radius 3 is 2.70 bits per heavy atom. The van der Waals surface area contributed by atoms with E-state index >= 15 is 4.39 Å². The number of hydrogen-bond acceptors (Lipinski definition) is 7. The number of likely N-dealkylation sites (N-methyl/N-ethyl adjacent to an activating group) is 1. The van der Waals surface area contributed by atoms with Crippen molar-refractivity contribution < 1.29 is 13.9 Å². The van der Waals surface area contributed by atoms with Gasteiger partial charge < -0.3 is 20.7 Å². The van der Waals surface area contributed by atoms with E-state index in [2.05, 4.69) is 20.2 Å². The maximum absolute atomic E-state index is 15.8. The third-order valence-electron chi connectivity index (χ3n) is 6.38. The van der Waals surface area contributed by atoms with Gasteiger partial charge in [-0.3, -0.25) is 9.36 Å². The highest BCUT2D eigenvalue weighted by Gasteiger charge is 2.27. The first-order valence-electron chi connectivity index (χ1n) is 12.6. The van der Waals surface area contributed by atoms with Crippen LogP contribution in [0.1, 0.15) is 28.3 Å². The number of aromatic nitrogens is 3. The van der Waals surface area contributed by atoms with Crippen molar-refractivity contribution in [3.8, 4) is 21.9 Å². The van der Waals surface area contributed by atoms with Gasteiger partial charge in [0.15, 0.2) is 5.75 Å². The first-order valence-corrected chi connectivity index (χ1v) is 13.8. The molecule has 2 aromatic carbocycles. The van der Waals surface area contributed by atoms with Gasteiger partial charge in [-0.05, 0) is 62.5 Å². The molecule has 0 bridgehead atoms. The minimum Gasteiger partial charge on any atom is -0.481 e. The SMILES string of the molecule is C[C@@H](Oc1c(C(N)=O)sc(-n2cnc3cc(-c4ccnc(NCCN(C)C)c4)ccc32)c1F)c1ccccc1Cl. The van der Waals surface area contributed by atoms with E-state index < -0.39 is 17.8 Å². The number of ether oxygens (including phenoxy) is 1. The van der Waals surface area contributed by atoms with Gasteiger partial charge in [0.1, 0.15) is 28.1 Å². The quantitative estimate of drug-likeness (QED) is 0.206. The predicted octanol–water partition coefficient (Wildman–Crippen LogP) is 6.15. The molecule has 8 nitrogen and oxygen atoms in total. The second kappa shape index (κ2) is 11.6. The number of hydrogen-bond donors (Lipinski definition) is 2. The fraction of sp³-hybridized carbons (Fsp3) is 0.207. The first kappa shape index (κ1) is 27.6. The molecule has 0 aliphatic rings. The molecule has 0 fully saturated rings. The Hall–Kier alpha value is -3.99. The van der Waals surface area contributed by atoms with E-state index in [1.165, 1.54) is 6.33 Å². The first-order chi connectivity index (χ1) is 19.2. The zero-order valence-corrected chi connectivity index (χ0v) is 23.8. The van der Waals surface area contributed by atoms with Gasteiger partial charge in [0.25, 0.3) is 5.91 Å². The van der Waals surface area contributed by atoms with Crippen LogP contribution in [0.3, 0.4) is 0 Å². The molecule has 5 aromatic rings. The lowest BCUT2D eigenvalue weighted by Crippen LogP contribution is -2.21. The van der Waals surface area contributed by atoms with Gasteiger partial charge >= 0.3 is 0 Å². The molecule has 3 N–H and O–H groups in total. The van der Waals surface area contributed by atoms with Crippen molar-refractivity contribution in [1.29, 1.82) is 0 Å². The van der Waals surface area contributed by atoms with Gasteiger partial charge in [-0.1, -0.05) is 35.9 Å². The molecule has 0 aliphatic carbocycles. The van der Waals surface area contributed by atoms with Crippen molar-refractivity contribution in [3.05, 3.63) is 88.4 Å². The van der Waals surface area contributed by atoms with Crippen molar-refractivity contribution in [2.75, 3.05) is 32.5 Å². The summed E-state index contributed by atoms with van der Waals surface area (Å²) in [4.78, 5) is 23.2. The Kier molecular flexibility index (Phi) is 8.02. The summed E-state index contributed by atoms with van der Waals surface area (Å²) in [6, 6.07) is 16.8. The number of benzene rings is 2. The second-order valence-electron chi connectivity index (χ2n) is 9.50. The average molecular weight is 579 g/mol. The number of nitrogens with two attached hydrogens (primary N) is 1. The van der Waals surface area contributed by atoms with Crippen LogP contribution >= 0.6 is 22.9 Å². The Morgan fingerprint density at radius 1 is 1.18 bits per heavy atom. The number of rotatable bonds is 10. The van der Waals surface area contributed by atoms with E-state index in [0.29, 0.717) is 21.6 Å². The fourth-order valence-corrected chi connectivity index (χ4v) is 5.56. The molecule has 5 rings (SSSR count). The van der Waals surface area contributed by atoms with Gasteiger partial charge in [-0.15, -0.1) is 11.3 Å². The summed E-state index contributed by atoms with van der Waals surface area (Å²) in [7, 11) is 4.04. The van der Waals surface area contributed by atoms with Crippen LogP contribution in [0.2, 0.25) is 5.02 Å². The summed E-state index contributed by atoms with van der Waals surface area (Å²) in [6.45, 7) is 3.40. The molecule has 206 valence electrons. The topological polar surface area (TPSA) is 98.3 Å². The zero-order chi connectivity index (χ0) is 28.4. The summed E-state index contributed by atoms with van der Waals surface area (Å²) >= 11 is 7.21. The molecule has 0 spiro atoms. The van der Waals surface area contributed by atoms with Gasteiger partial charge in [0.05, 0.1) is 11.0 Å². The molecular weight excluding hydrogens is 551 g/mol. The maximum Gasteiger partial charge on any atom is 0.262 e. The van der Waals surface area contributed by atoms with Crippen LogP contribution in [0.5, 0.6) is 5.75 Å². The number of pyridine rings is 1. The van der Waals surface area contributed by atoms with E-state index in [1.807, 2.05) is 50.5 Å². The van der Waals surface area contributed by atoms with Crippen LogP contribution in [-0.4, -0.2) is 52.5 Å². The standard InChI is InChI=1S/C29H28ClFN6O2S/c1-17(20-6-4-5-7-21(20)30)39-26-25(31)29(40-27(26)28(32)38)37-16-35-22-14-18(8-9-23(22)37)19-10-11-33-24(15-19)34-12-13-36(2)3/h4-11,14-17H,12-13H2,1-3H3,(H2,32,38)(H,33,34)/t17-/m1/s1. The number of anilines is 1. The third kappa shape index (κ3) is 5.65. The number of fused-ring (bicyclic) bond motifs is 1. The number of primary amides is 1. The molecule has 1 amide bonds. The van der Waals surface area contributed by atoms with Gasteiger partial charge in [0.2, 0.25) is 5.82 Å². The number of nitrogens with one attached hydrogen (secondary N) is 1. The maximum atomic E-state index is 15.8. The van der Waals surface area contributed by atoms with Crippen molar-refractivity contribution in [1.82, 2.24) is 19.4 Å². The summed E-state index contributed by atoms with van der Waals surface area (Å²) in [6.07, 6.45) is 2.66. The van der Waals surface area contributed by atoms with Crippen LogP contribution in [0.4, 0.5) is 10.2 Å². The van der Waals surface area contributed by atoms with Gasteiger partial charge in [-0.2, -0.15) is 4.39 Å². The highest BCUT2D eigenvalue weighted by molar-refractivity contribution is 7.16. The van der Waals surface area contributed by atoms with Crippen molar-refractivity contribution in [2.45, 2.75) is 13.0 Å². The van der Waals surface area contributed by atoms with Crippen LogP contribution in [0, 0.1) is 5.82 Å². The molecular formula is C29H28ClFN6O2S. The Labute approximate surface area is 240 Å². The molecule has 40 heavy (non-hydrogen) atoms. The largest absolute Gasteiger partial charge is 0.481 e. The molecule has 0 radical (unpaired) electrons. The van der Waals surface area contributed by atoms with Gasteiger partial charge in [-0.25, -0.2) is 9.97 Å². The second-order valence-corrected chi connectivity index (χ2v) is 10.9. The molecule has 0 unspecified atom stereocenters. The fourth-order valence-electron chi connectivity index (χ4n) is 4.32. The monoisotopic (exact) mass is 578 g/mol. The van der Waals surface area contributed by atoms with Crippen molar-refractivity contribution in [3.63, 3.8) is 0 Å². The van der Waals surface area contributed by atoms with E-state index in [9.17, 15) is 4.79 Å². The molecule has 1 atom stereocenters. The normalized spacial score (nSPS) is 12.2. The number of carbonyl (C=O) groups is 1. The summed E-state index contributed by atoms with van der Waals surface area (Å²) in [5.41, 5.74) is 9.53. The zero-order valence-electron chi connectivity index (χ0n) is 22.2. The number of imidazole rings is 1. The van der Waals surface area contributed by atoms with E-state index in [-0.39, 0.29) is 15.6 Å². The van der Waals surface area contributed by atoms with E-state index in [1.54, 1.807) is 35.9 Å². The van der Waals surface area contributed by atoms with E-state index in [0.717, 1.165) is 41.4 Å². The average Bonchev–Trinajstić information content (AvgIpc) is 3.49. The summed E-state index contributed by atoms with van der Waals surface area (Å²) in [5.74, 6) is -0.896. The molecule has 0 saturated carbocycles. The molecule has 0 aliphatic heterocycles. The van der Waals surface area contributed by atoms with Crippen molar-refractivity contribution in [2.24, 2.45) is 5.73 Å². The molecule has 3 heterocycles. The Morgan fingerprint density at radius 2 is 1.95 bits per heavy atom. The lowest BCUT2D eigenvalue weighted by Gasteiger charge is -2.16. The molecule has 0 saturated heterocycles. The molecule has 11 heteroatoms. The molecule has 3 aromatic heterocycles. The smallest absolute Gasteiger partial charge is 0.262 e. The van der Waals surface area contributed by atoms with Gasteiger partial charge in [0, 0.05) is 29.9 Å². The van der Waals surface area contributed by atoms with Crippen molar-refractivity contribution >= 4 is 45.7 Å². The summed E-state index contributed by atoms with van der Waals surface area (Å²) < 4.78 is 23.4. The number of amides is 1. The lowest BCUT2D eigenvalue weighted by atomic mass is 10.1. The Bertz CT molecular complexity index is 1680. The number of halogens is 2. The predicted molar refractivity (Wildman–Crippen MR) is 158 cm³/mol. The third-order valence-corrected chi connectivity index (χ3v) is 7.88. The Balaban J connectivity index is 1.46. The number of thiophene rings is 1. The van der Waals surface area contributed by atoms with Crippen LogP contribution in [-0.2, 0) is 0 Å². The number of nitrogens with zero attached hydrogens (tertiary/aromatic N) is 4. The minimum absolute atomic E-state index is 0.0176.